The second-order valence-corrected chi connectivity index (χ2v) is 7.31. The molecule has 0 radical (unpaired) electrons. The monoisotopic (exact) mass is 416 g/mol. The van der Waals surface area contributed by atoms with Gasteiger partial charge in [0.15, 0.2) is 0 Å². The first-order valence-corrected chi connectivity index (χ1v) is 9.07. The second kappa shape index (κ2) is 6.69. The number of hydrogen-bond acceptors (Lipinski definition) is 5. The average molecular weight is 417 g/mol. The fourth-order valence-corrected chi connectivity index (χ4v) is 3.52. The zero-order valence-corrected chi connectivity index (χ0v) is 15.7. The van der Waals surface area contributed by atoms with E-state index in [1.54, 1.807) is 6.20 Å². The molecule has 1 aliphatic heterocycles. The number of rotatable bonds is 3. The highest BCUT2D eigenvalue weighted by Gasteiger charge is 2.19. The van der Waals surface area contributed by atoms with Gasteiger partial charge in [0, 0.05) is 36.1 Å². The Morgan fingerprint density at radius 1 is 1.50 bits per heavy atom. The average Bonchev–Trinajstić information content (AvgIpc) is 3.18. The summed E-state index contributed by atoms with van der Waals surface area (Å²) in [5.41, 5.74) is 2.34. The van der Waals surface area contributed by atoms with E-state index in [4.69, 9.17) is 4.42 Å². The Balaban J connectivity index is 1.62. The van der Waals surface area contributed by atoms with Gasteiger partial charge in [0.05, 0.1) is 6.54 Å². The predicted molar refractivity (Wildman–Crippen MR) is 102 cm³/mol. The van der Waals surface area contributed by atoms with Crippen molar-refractivity contribution in [3.05, 3.63) is 50.6 Å². The van der Waals surface area contributed by atoms with Gasteiger partial charge < -0.3 is 14.7 Å². The molecule has 3 aromatic rings. The summed E-state index contributed by atoms with van der Waals surface area (Å²) >= 11 is 3.44. The Morgan fingerprint density at radius 2 is 2.35 bits per heavy atom. The Hall–Kier alpha value is -2.45. The third kappa shape index (κ3) is 3.30. The number of carbonyl (C=O) groups is 1. The maximum Gasteiger partial charge on any atom is 0.294 e. The van der Waals surface area contributed by atoms with E-state index in [1.807, 2.05) is 18.2 Å². The first-order valence-electron chi connectivity index (χ1n) is 8.28. The molecule has 2 aromatic heterocycles. The van der Waals surface area contributed by atoms with E-state index in [0.29, 0.717) is 23.5 Å². The molecule has 1 saturated heterocycles. The van der Waals surface area contributed by atoms with Crippen molar-refractivity contribution in [1.82, 2.24) is 20.2 Å². The van der Waals surface area contributed by atoms with E-state index >= 15 is 0 Å². The molecule has 8 heteroatoms. The number of nitrogens with zero attached hydrogens (tertiary/aromatic N) is 2. The van der Waals surface area contributed by atoms with Crippen LogP contribution in [0.25, 0.3) is 22.1 Å². The first kappa shape index (κ1) is 17.0. The van der Waals surface area contributed by atoms with E-state index in [0.717, 1.165) is 34.9 Å². The van der Waals surface area contributed by atoms with Crippen LogP contribution in [0.1, 0.15) is 19.2 Å². The minimum absolute atomic E-state index is 0.0783. The molecule has 1 aromatic carbocycles. The summed E-state index contributed by atoms with van der Waals surface area (Å²) in [6.07, 6.45) is 2.65. The SMILES string of the molecule is CC(=O)N/C=C1/CCN(Cc2nc3c(oc4ccc(Br)cc43)c(=O)[nH]2)C1. The van der Waals surface area contributed by atoms with Crippen molar-refractivity contribution < 1.29 is 9.21 Å². The minimum atomic E-state index is -0.273. The fraction of sp³-hybridized carbons (Fsp3) is 0.278. The fourth-order valence-electron chi connectivity index (χ4n) is 3.16. The number of aromatic amines is 1. The molecule has 7 nitrogen and oxygen atoms in total. The molecule has 1 aliphatic rings. The lowest BCUT2D eigenvalue weighted by Crippen LogP contribution is -2.23. The summed E-state index contributed by atoms with van der Waals surface area (Å²) in [5, 5.41) is 3.52. The van der Waals surface area contributed by atoms with Gasteiger partial charge in [0.2, 0.25) is 11.5 Å². The van der Waals surface area contributed by atoms with Crippen LogP contribution in [0.5, 0.6) is 0 Å². The molecule has 0 atom stereocenters. The smallest absolute Gasteiger partial charge is 0.294 e. The molecule has 1 fully saturated rings. The number of carbonyl (C=O) groups excluding carboxylic acids is 1. The van der Waals surface area contributed by atoms with Gasteiger partial charge in [-0.05, 0) is 30.2 Å². The van der Waals surface area contributed by atoms with Gasteiger partial charge in [-0.3, -0.25) is 14.5 Å². The number of nitrogens with one attached hydrogen (secondary N) is 2. The molecule has 0 aliphatic carbocycles. The van der Waals surface area contributed by atoms with E-state index in [9.17, 15) is 9.59 Å². The van der Waals surface area contributed by atoms with Gasteiger partial charge in [0.25, 0.3) is 5.56 Å². The molecular weight excluding hydrogens is 400 g/mol. The van der Waals surface area contributed by atoms with Crippen LogP contribution in [0.3, 0.4) is 0 Å². The minimum Gasteiger partial charge on any atom is -0.449 e. The molecule has 2 N–H and O–H groups in total. The van der Waals surface area contributed by atoms with E-state index in [2.05, 4.69) is 36.1 Å². The highest BCUT2D eigenvalue weighted by atomic mass is 79.9. The predicted octanol–water partition coefficient (Wildman–Crippen LogP) is 2.66. The van der Waals surface area contributed by atoms with E-state index in [1.165, 1.54) is 6.92 Å². The summed E-state index contributed by atoms with van der Waals surface area (Å²) in [5.74, 6) is 0.524. The van der Waals surface area contributed by atoms with E-state index in [-0.39, 0.29) is 17.0 Å². The van der Waals surface area contributed by atoms with Crippen LogP contribution in [0.15, 0.2) is 43.7 Å². The van der Waals surface area contributed by atoms with Gasteiger partial charge in [-0.2, -0.15) is 0 Å². The number of fused-ring (bicyclic) bond motifs is 3. The molecule has 1 amide bonds. The second-order valence-electron chi connectivity index (χ2n) is 6.40. The summed E-state index contributed by atoms with van der Waals surface area (Å²) in [4.78, 5) is 33.0. The Bertz CT molecular complexity index is 1100. The summed E-state index contributed by atoms with van der Waals surface area (Å²) in [6, 6.07) is 5.59. The summed E-state index contributed by atoms with van der Waals surface area (Å²) in [6.45, 7) is 3.61. The molecule has 134 valence electrons. The standard InChI is InChI=1S/C18H17BrN4O3/c1-10(24)20-7-11-4-5-23(8-11)9-15-21-16-13-6-12(19)2-3-14(13)26-17(16)18(25)22-15/h2-3,6-7H,4-5,8-9H2,1H3,(H,20,24)(H,21,22,25)/b11-7-. The Morgan fingerprint density at radius 3 is 3.15 bits per heavy atom. The highest BCUT2D eigenvalue weighted by molar-refractivity contribution is 9.10. The lowest BCUT2D eigenvalue weighted by Gasteiger charge is -2.13. The third-order valence-electron chi connectivity index (χ3n) is 4.36. The number of furan rings is 1. The lowest BCUT2D eigenvalue weighted by atomic mass is 10.2. The number of aromatic nitrogens is 2. The molecule has 0 saturated carbocycles. The number of H-pyrrole nitrogens is 1. The summed E-state index contributed by atoms with van der Waals surface area (Å²) in [7, 11) is 0. The van der Waals surface area contributed by atoms with Crippen LogP contribution >= 0.6 is 15.9 Å². The van der Waals surface area contributed by atoms with Crippen molar-refractivity contribution in [3.63, 3.8) is 0 Å². The lowest BCUT2D eigenvalue weighted by molar-refractivity contribution is -0.118. The van der Waals surface area contributed by atoms with E-state index < -0.39 is 0 Å². The Kier molecular flexibility index (Phi) is 4.37. The molecule has 0 spiro atoms. The zero-order valence-electron chi connectivity index (χ0n) is 14.1. The molecule has 3 heterocycles. The van der Waals surface area contributed by atoms with Crippen LogP contribution in [0, 0.1) is 0 Å². The van der Waals surface area contributed by atoms with Crippen molar-refractivity contribution in [2.24, 2.45) is 0 Å². The summed E-state index contributed by atoms with van der Waals surface area (Å²) < 4.78 is 6.55. The third-order valence-corrected chi connectivity index (χ3v) is 4.86. The molecular formula is C18H17BrN4O3. The Labute approximate surface area is 157 Å². The van der Waals surface area contributed by atoms with Crippen LogP contribution in [0.2, 0.25) is 0 Å². The number of likely N-dealkylation sites (tertiary alicyclic amines) is 1. The highest BCUT2D eigenvalue weighted by Crippen LogP contribution is 2.28. The van der Waals surface area contributed by atoms with Crippen LogP contribution in [0.4, 0.5) is 0 Å². The first-order chi connectivity index (χ1) is 12.5. The quantitative estimate of drug-likeness (QED) is 0.684. The number of hydrogen-bond donors (Lipinski definition) is 2. The van der Waals surface area contributed by atoms with Crippen molar-refractivity contribution in [2.45, 2.75) is 19.9 Å². The van der Waals surface area contributed by atoms with Crippen molar-refractivity contribution in [3.8, 4) is 0 Å². The normalized spacial score (nSPS) is 16.8. The number of halogens is 1. The van der Waals surface area contributed by atoms with Crippen LogP contribution in [-0.2, 0) is 11.3 Å². The number of amides is 1. The van der Waals surface area contributed by atoms with Gasteiger partial charge in [-0.15, -0.1) is 0 Å². The van der Waals surface area contributed by atoms with Crippen molar-refractivity contribution >= 4 is 43.9 Å². The van der Waals surface area contributed by atoms with Crippen LogP contribution in [-0.4, -0.2) is 33.9 Å². The van der Waals surface area contributed by atoms with Gasteiger partial charge in [-0.1, -0.05) is 15.9 Å². The zero-order chi connectivity index (χ0) is 18.3. The largest absolute Gasteiger partial charge is 0.449 e. The van der Waals surface area contributed by atoms with Gasteiger partial charge >= 0.3 is 0 Å². The molecule has 0 bridgehead atoms. The van der Waals surface area contributed by atoms with Gasteiger partial charge in [0.1, 0.15) is 16.9 Å². The maximum absolute atomic E-state index is 12.4. The van der Waals surface area contributed by atoms with Crippen molar-refractivity contribution in [1.29, 1.82) is 0 Å². The van der Waals surface area contributed by atoms with Crippen molar-refractivity contribution in [2.75, 3.05) is 13.1 Å². The number of benzene rings is 1. The molecule has 4 rings (SSSR count). The molecule has 26 heavy (non-hydrogen) atoms. The molecule has 0 unspecified atom stereocenters. The van der Waals surface area contributed by atoms with Crippen LogP contribution < -0.4 is 10.9 Å². The maximum atomic E-state index is 12.4. The van der Waals surface area contributed by atoms with Gasteiger partial charge in [-0.25, -0.2) is 4.98 Å². The topological polar surface area (TPSA) is 91.2 Å².